The number of hydrogen-bond donors (Lipinski definition) is 1. The second-order valence-electron chi connectivity index (χ2n) is 9.64. The maximum Gasteiger partial charge on any atom is 0.338 e. The molecule has 0 saturated carbocycles. The van der Waals surface area contributed by atoms with Crippen molar-refractivity contribution in [3.8, 4) is 0 Å². The molecule has 1 aromatic carbocycles. The SMILES string of the molecule is CC1=C(C(=O)OC(C)(C)C)C(c2cccc(C)c2)N2C(CC(=O)NCCN(C)C)=CSC2=N1. The van der Waals surface area contributed by atoms with Crippen LogP contribution in [-0.2, 0) is 14.3 Å². The molecule has 1 N–H and O–H groups in total. The number of rotatable bonds is 7. The van der Waals surface area contributed by atoms with Crippen molar-refractivity contribution in [2.45, 2.75) is 52.7 Å². The molecule has 33 heavy (non-hydrogen) atoms. The average Bonchev–Trinajstić information content (AvgIpc) is 3.07. The molecule has 0 radical (unpaired) electrons. The zero-order valence-electron chi connectivity index (χ0n) is 20.6. The Hall–Kier alpha value is -2.58. The van der Waals surface area contributed by atoms with E-state index in [1.165, 1.54) is 11.8 Å². The van der Waals surface area contributed by atoms with Crippen molar-refractivity contribution in [3.05, 3.63) is 57.8 Å². The number of ether oxygens (including phenoxy) is 1. The third-order valence-corrected chi connectivity index (χ3v) is 6.09. The molecule has 2 aliphatic rings. The van der Waals surface area contributed by atoms with Crippen molar-refractivity contribution in [1.82, 2.24) is 15.1 Å². The summed E-state index contributed by atoms with van der Waals surface area (Å²) < 4.78 is 5.77. The number of aliphatic imine (C=N–C) groups is 1. The first-order valence-electron chi connectivity index (χ1n) is 11.1. The lowest BCUT2D eigenvalue weighted by Crippen LogP contribution is -2.39. The highest BCUT2D eigenvalue weighted by molar-refractivity contribution is 8.16. The van der Waals surface area contributed by atoms with Crippen LogP contribution < -0.4 is 5.32 Å². The van der Waals surface area contributed by atoms with Gasteiger partial charge in [-0.3, -0.25) is 4.79 Å². The van der Waals surface area contributed by atoms with E-state index in [-0.39, 0.29) is 18.3 Å². The molecule has 178 valence electrons. The van der Waals surface area contributed by atoms with Gasteiger partial charge in [-0.25, -0.2) is 9.79 Å². The van der Waals surface area contributed by atoms with Gasteiger partial charge in [-0.15, -0.1) is 0 Å². The Morgan fingerprint density at radius 2 is 1.97 bits per heavy atom. The first-order valence-corrected chi connectivity index (χ1v) is 12.0. The Balaban J connectivity index is 1.95. The smallest absolute Gasteiger partial charge is 0.338 e. The molecule has 3 rings (SSSR count). The fourth-order valence-corrected chi connectivity index (χ4v) is 4.73. The highest BCUT2D eigenvalue weighted by Crippen LogP contribution is 2.45. The zero-order valence-corrected chi connectivity index (χ0v) is 21.4. The number of likely N-dealkylation sites (N-methyl/N-ethyl adjacent to an activating group) is 1. The number of carbonyl (C=O) groups excluding carboxylic acids is 2. The van der Waals surface area contributed by atoms with Gasteiger partial charge in [0.2, 0.25) is 5.91 Å². The first kappa shape index (κ1) is 25.1. The Kier molecular flexibility index (Phi) is 7.69. The molecule has 1 aromatic rings. The van der Waals surface area contributed by atoms with Gasteiger partial charge in [0.05, 0.1) is 23.7 Å². The van der Waals surface area contributed by atoms with Crippen molar-refractivity contribution in [1.29, 1.82) is 0 Å². The number of amidine groups is 1. The van der Waals surface area contributed by atoms with E-state index in [2.05, 4.69) is 11.4 Å². The molecule has 0 spiro atoms. The highest BCUT2D eigenvalue weighted by Gasteiger charge is 2.41. The molecule has 0 aliphatic carbocycles. The quantitative estimate of drug-likeness (QED) is 0.608. The van der Waals surface area contributed by atoms with E-state index in [1.807, 2.05) is 82.1 Å². The monoisotopic (exact) mass is 470 g/mol. The first-order chi connectivity index (χ1) is 15.5. The van der Waals surface area contributed by atoms with Crippen LogP contribution in [0.1, 0.15) is 51.3 Å². The summed E-state index contributed by atoms with van der Waals surface area (Å²) in [5.41, 5.74) is 3.39. The molecular weight excluding hydrogens is 436 g/mol. The fraction of sp³-hybridized carbons (Fsp3) is 0.480. The summed E-state index contributed by atoms with van der Waals surface area (Å²) >= 11 is 1.48. The lowest BCUT2D eigenvalue weighted by Gasteiger charge is -2.37. The summed E-state index contributed by atoms with van der Waals surface area (Å²) in [5.74, 6) is -0.445. The normalized spacial score (nSPS) is 18.2. The van der Waals surface area contributed by atoms with Gasteiger partial charge in [0.25, 0.3) is 0 Å². The summed E-state index contributed by atoms with van der Waals surface area (Å²) in [6, 6.07) is 7.68. The number of aryl methyl sites for hydroxylation is 1. The molecular formula is C25H34N4O3S. The minimum atomic E-state index is -0.629. The van der Waals surface area contributed by atoms with Crippen LogP contribution in [0, 0.1) is 6.92 Å². The van der Waals surface area contributed by atoms with Crippen LogP contribution in [0.15, 0.2) is 51.6 Å². The molecule has 0 saturated heterocycles. The summed E-state index contributed by atoms with van der Waals surface area (Å²) in [6.07, 6.45) is 0.211. The molecule has 1 amide bonds. The number of fused-ring (bicyclic) bond motifs is 1. The maximum absolute atomic E-state index is 13.3. The third-order valence-electron chi connectivity index (χ3n) is 5.20. The zero-order chi connectivity index (χ0) is 24.3. The number of hydrogen-bond acceptors (Lipinski definition) is 7. The van der Waals surface area contributed by atoms with E-state index in [0.717, 1.165) is 28.5 Å². The van der Waals surface area contributed by atoms with Crippen molar-refractivity contribution in [3.63, 3.8) is 0 Å². The second kappa shape index (κ2) is 10.1. The number of nitrogens with one attached hydrogen (secondary N) is 1. The van der Waals surface area contributed by atoms with E-state index in [1.54, 1.807) is 0 Å². The number of carbonyl (C=O) groups is 2. The van der Waals surface area contributed by atoms with Gasteiger partial charge >= 0.3 is 5.97 Å². The van der Waals surface area contributed by atoms with E-state index in [9.17, 15) is 9.59 Å². The molecule has 0 aromatic heterocycles. The highest BCUT2D eigenvalue weighted by atomic mass is 32.2. The van der Waals surface area contributed by atoms with E-state index in [4.69, 9.17) is 9.73 Å². The fourth-order valence-electron chi connectivity index (χ4n) is 3.77. The Bertz CT molecular complexity index is 1020. The molecule has 2 aliphatic heterocycles. The van der Waals surface area contributed by atoms with Crippen LogP contribution in [-0.4, -0.2) is 59.6 Å². The standard InChI is InChI=1S/C25H34N4O3S/c1-16-9-8-10-18(13-16)22-21(23(31)32-25(3,4)5)17(2)27-24-29(22)19(15-33-24)14-20(30)26-11-12-28(6)7/h8-10,13,15,22H,11-12,14H2,1-7H3,(H,26,30). The summed E-state index contributed by atoms with van der Waals surface area (Å²) in [5, 5.41) is 5.70. The maximum atomic E-state index is 13.3. The summed E-state index contributed by atoms with van der Waals surface area (Å²) in [6.45, 7) is 10.8. The van der Waals surface area contributed by atoms with Crippen LogP contribution in [0.3, 0.4) is 0 Å². The Morgan fingerprint density at radius 1 is 1.24 bits per heavy atom. The summed E-state index contributed by atoms with van der Waals surface area (Å²) in [7, 11) is 3.94. The van der Waals surface area contributed by atoms with Gasteiger partial charge in [0.15, 0.2) is 5.17 Å². The van der Waals surface area contributed by atoms with E-state index in [0.29, 0.717) is 17.8 Å². The number of amides is 1. The van der Waals surface area contributed by atoms with Crippen LogP contribution in [0.5, 0.6) is 0 Å². The lowest BCUT2D eigenvalue weighted by atomic mass is 9.92. The van der Waals surface area contributed by atoms with Gasteiger partial charge in [-0.05, 0) is 59.7 Å². The predicted octanol–water partition coefficient (Wildman–Crippen LogP) is 3.98. The minimum Gasteiger partial charge on any atom is -0.456 e. The van der Waals surface area contributed by atoms with Gasteiger partial charge in [0, 0.05) is 18.8 Å². The number of allylic oxidation sites excluding steroid dienone is 1. The number of esters is 1. The van der Waals surface area contributed by atoms with E-state index >= 15 is 0 Å². The topological polar surface area (TPSA) is 74.2 Å². The van der Waals surface area contributed by atoms with Crippen LogP contribution in [0.25, 0.3) is 0 Å². The molecule has 0 fully saturated rings. The Labute approximate surface area is 200 Å². The lowest BCUT2D eigenvalue weighted by molar-refractivity contribution is -0.150. The van der Waals surface area contributed by atoms with Gasteiger partial charge in [0.1, 0.15) is 5.60 Å². The van der Waals surface area contributed by atoms with Crippen LogP contribution in [0.2, 0.25) is 0 Å². The molecule has 1 unspecified atom stereocenters. The van der Waals surface area contributed by atoms with Crippen molar-refractivity contribution < 1.29 is 14.3 Å². The van der Waals surface area contributed by atoms with E-state index < -0.39 is 11.6 Å². The van der Waals surface area contributed by atoms with Gasteiger partial charge < -0.3 is 19.9 Å². The third kappa shape index (κ3) is 6.26. The Morgan fingerprint density at radius 3 is 2.61 bits per heavy atom. The van der Waals surface area contributed by atoms with Crippen molar-refractivity contribution >= 4 is 28.8 Å². The molecule has 8 heteroatoms. The molecule has 0 bridgehead atoms. The largest absolute Gasteiger partial charge is 0.456 e. The van der Waals surface area contributed by atoms with Crippen molar-refractivity contribution in [2.75, 3.05) is 27.2 Å². The van der Waals surface area contributed by atoms with Gasteiger partial charge in [-0.1, -0.05) is 41.6 Å². The average molecular weight is 471 g/mol. The number of benzene rings is 1. The molecule has 1 atom stereocenters. The number of nitrogens with zero attached hydrogens (tertiary/aromatic N) is 3. The molecule has 7 nitrogen and oxygen atoms in total. The summed E-state index contributed by atoms with van der Waals surface area (Å²) in [4.78, 5) is 34.7. The second-order valence-corrected chi connectivity index (χ2v) is 10.5. The number of thioether (sulfide) groups is 1. The minimum absolute atomic E-state index is 0.0574. The van der Waals surface area contributed by atoms with Crippen molar-refractivity contribution in [2.24, 2.45) is 4.99 Å². The predicted molar refractivity (Wildman–Crippen MR) is 134 cm³/mol. The van der Waals surface area contributed by atoms with Crippen LogP contribution >= 0.6 is 11.8 Å². The van der Waals surface area contributed by atoms with Gasteiger partial charge in [-0.2, -0.15) is 0 Å². The van der Waals surface area contributed by atoms with Crippen LogP contribution in [0.4, 0.5) is 0 Å². The molecule has 2 heterocycles.